The molecule has 0 amide bonds. The average Bonchev–Trinajstić information content (AvgIpc) is 2.89. The summed E-state index contributed by atoms with van der Waals surface area (Å²) >= 11 is 0. The van der Waals surface area contributed by atoms with Crippen LogP contribution in [0.4, 0.5) is 5.69 Å². The molecule has 0 fully saturated rings. The first-order valence-electron chi connectivity index (χ1n) is 6.07. The van der Waals surface area contributed by atoms with Gasteiger partial charge in [-0.15, -0.1) is 10.2 Å². The molecule has 0 saturated carbocycles. The predicted molar refractivity (Wildman–Crippen MR) is 72.2 cm³/mol. The maximum absolute atomic E-state index is 10.9. The van der Waals surface area contributed by atoms with Crippen molar-refractivity contribution in [1.29, 1.82) is 0 Å². The van der Waals surface area contributed by atoms with E-state index in [-0.39, 0.29) is 18.0 Å². The smallest absolute Gasteiger partial charge is 0.310 e. The van der Waals surface area contributed by atoms with E-state index in [1.807, 2.05) is 11.5 Å². The van der Waals surface area contributed by atoms with Crippen LogP contribution in [0.15, 0.2) is 18.2 Å². The molecule has 0 bridgehead atoms. The molecule has 0 aliphatic heterocycles. The van der Waals surface area contributed by atoms with Crippen molar-refractivity contribution in [3.63, 3.8) is 0 Å². The van der Waals surface area contributed by atoms with E-state index in [1.165, 1.54) is 13.2 Å². The number of nitrogens with zero attached hydrogens (tertiary/aromatic N) is 4. The van der Waals surface area contributed by atoms with Crippen LogP contribution in [-0.4, -0.2) is 26.8 Å². The fourth-order valence-electron chi connectivity index (χ4n) is 2.00. The van der Waals surface area contributed by atoms with E-state index in [0.717, 1.165) is 0 Å². The van der Waals surface area contributed by atoms with E-state index in [1.54, 1.807) is 12.1 Å². The summed E-state index contributed by atoms with van der Waals surface area (Å²) in [5, 5.41) is 19.0. The molecular weight excluding hydrogens is 262 g/mol. The van der Waals surface area contributed by atoms with Crippen molar-refractivity contribution in [2.45, 2.75) is 20.0 Å². The van der Waals surface area contributed by atoms with Crippen molar-refractivity contribution in [2.24, 2.45) is 5.73 Å². The number of rotatable bonds is 5. The topological polar surface area (TPSA) is 109 Å². The van der Waals surface area contributed by atoms with Crippen LogP contribution in [0.1, 0.15) is 12.7 Å². The first-order valence-corrected chi connectivity index (χ1v) is 6.07. The van der Waals surface area contributed by atoms with Gasteiger partial charge in [-0.3, -0.25) is 10.1 Å². The number of hydrogen-bond acceptors (Lipinski definition) is 6. The SMILES string of the molecule is CCn1c(CN)nnc1-c1ccc([N+](=O)[O-])c(OC)c1. The van der Waals surface area contributed by atoms with Gasteiger partial charge in [-0.05, 0) is 19.1 Å². The highest BCUT2D eigenvalue weighted by Gasteiger charge is 2.18. The molecule has 8 heteroatoms. The molecule has 0 atom stereocenters. The van der Waals surface area contributed by atoms with Gasteiger partial charge in [-0.2, -0.15) is 0 Å². The van der Waals surface area contributed by atoms with Gasteiger partial charge in [-0.1, -0.05) is 0 Å². The lowest BCUT2D eigenvalue weighted by Gasteiger charge is -2.08. The summed E-state index contributed by atoms with van der Waals surface area (Å²) < 4.78 is 6.91. The molecule has 2 aromatic rings. The van der Waals surface area contributed by atoms with Gasteiger partial charge in [0.2, 0.25) is 0 Å². The Kier molecular flexibility index (Phi) is 3.94. The number of aromatic nitrogens is 3. The monoisotopic (exact) mass is 277 g/mol. The molecule has 0 aliphatic rings. The molecule has 2 rings (SSSR count). The third-order valence-electron chi connectivity index (χ3n) is 2.96. The second-order valence-corrected chi connectivity index (χ2v) is 4.03. The molecule has 0 unspecified atom stereocenters. The second kappa shape index (κ2) is 5.66. The molecule has 2 N–H and O–H groups in total. The maximum Gasteiger partial charge on any atom is 0.310 e. The van der Waals surface area contributed by atoms with Crippen LogP contribution in [0.2, 0.25) is 0 Å². The van der Waals surface area contributed by atoms with E-state index in [0.29, 0.717) is 23.8 Å². The minimum absolute atomic E-state index is 0.0853. The molecule has 0 radical (unpaired) electrons. The fraction of sp³-hybridized carbons (Fsp3) is 0.333. The zero-order chi connectivity index (χ0) is 14.7. The van der Waals surface area contributed by atoms with Crippen molar-refractivity contribution < 1.29 is 9.66 Å². The highest BCUT2D eigenvalue weighted by molar-refractivity contribution is 5.63. The molecule has 20 heavy (non-hydrogen) atoms. The third kappa shape index (κ3) is 2.32. The number of nitrogens with two attached hydrogens (primary N) is 1. The molecule has 0 spiro atoms. The van der Waals surface area contributed by atoms with E-state index in [2.05, 4.69) is 10.2 Å². The summed E-state index contributed by atoms with van der Waals surface area (Å²) in [6.45, 7) is 2.90. The molecule has 1 aromatic carbocycles. The lowest BCUT2D eigenvalue weighted by molar-refractivity contribution is -0.385. The molecule has 1 heterocycles. The van der Waals surface area contributed by atoms with Gasteiger partial charge in [0.15, 0.2) is 11.6 Å². The number of benzene rings is 1. The van der Waals surface area contributed by atoms with Gasteiger partial charge < -0.3 is 15.0 Å². The summed E-state index contributed by atoms with van der Waals surface area (Å²) in [6.07, 6.45) is 0. The van der Waals surface area contributed by atoms with E-state index in [4.69, 9.17) is 10.5 Å². The first kappa shape index (κ1) is 13.9. The summed E-state index contributed by atoms with van der Waals surface area (Å²) in [6, 6.07) is 4.59. The zero-order valence-corrected chi connectivity index (χ0v) is 11.2. The largest absolute Gasteiger partial charge is 0.490 e. The Morgan fingerprint density at radius 1 is 1.45 bits per heavy atom. The van der Waals surface area contributed by atoms with Crippen LogP contribution in [-0.2, 0) is 13.1 Å². The van der Waals surface area contributed by atoms with Crippen molar-refractivity contribution in [2.75, 3.05) is 7.11 Å². The Balaban J connectivity index is 2.53. The summed E-state index contributed by atoms with van der Waals surface area (Å²) in [5.41, 5.74) is 6.21. The molecule has 0 saturated heterocycles. The Morgan fingerprint density at radius 3 is 2.75 bits per heavy atom. The molecule has 106 valence electrons. The van der Waals surface area contributed by atoms with Crippen LogP contribution in [0, 0.1) is 10.1 Å². The van der Waals surface area contributed by atoms with Gasteiger partial charge in [-0.25, -0.2) is 0 Å². The average molecular weight is 277 g/mol. The number of nitro benzene ring substituents is 1. The molecule has 8 nitrogen and oxygen atoms in total. The number of nitro groups is 1. The van der Waals surface area contributed by atoms with Crippen LogP contribution in [0.5, 0.6) is 5.75 Å². The van der Waals surface area contributed by atoms with Crippen LogP contribution in [0.3, 0.4) is 0 Å². The number of methoxy groups -OCH3 is 1. The lowest BCUT2D eigenvalue weighted by Crippen LogP contribution is -2.08. The minimum Gasteiger partial charge on any atom is -0.490 e. The van der Waals surface area contributed by atoms with Crippen molar-refractivity contribution in [1.82, 2.24) is 14.8 Å². The first-order chi connectivity index (χ1) is 9.62. The highest BCUT2D eigenvalue weighted by Crippen LogP contribution is 2.31. The molecular formula is C12H15N5O3. The summed E-state index contributed by atoms with van der Waals surface area (Å²) in [7, 11) is 1.39. The lowest BCUT2D eigenvalue weighted by atomic mass is 10.1. The quantitative estimate of drug-likeness (QED) is 0.652. The van der Waals surface area contributed by atoms with Crippen LogP contribution >= 0.6 is 0 Å². The third-order valence-corrected chi connectivity index (χ3v) is 2.96. The Hall–Kier alpha value is -2.48. The normalized spacial score (nSPS) is 10.6. The second-order valence-electron chi connectivity index (χ2n) is 4.03. The van der Waals surface area contributed by atoms with Gasteiger partial charge in [0.25, 0.3) is 0 Å². The molecule has 1 aromatic heterocycles. The van der Waals surface area contributed by atoms with Gasteiger partial charge in [0.1, 0.15) is 5.82 Å². The maximum atomic E-state index is 10.9. The number of ether oxygens (including phenoxy) is 1. The Labute approximate surface area is 115 Å². The van der Waals surface area contributed by atoms with Gasteiger partial charge >= 0.3 is 5.69 Å². The van der Waals surface area contributed by atoms with E-state index in [9.17, 15) is 10.1 Å². The fourth-order valence-corrected chi connectivity index (χ4v) is 2.00. The van der Waals surface area contributed by atoms with E-state index >= 15 is 0 Å². The van der Waals surface area contributed by atoms with Crippen LogP contribution in [0.25, 0.3) is 11.4 Å². The molecule has 0 aliphatic carbocycles. The standard InChI is InChI=1S/C12H15N5O3/c1-3-16-11(7-13)14-15-12(16)8-4-5-9(17(18)19)10(6-8)20-2/h4-6H,3,7,13H2,1-2H3. The highest BCUT2D eigenvalue weighted by atomic mass is 16.6. The van der Waals surface area contributed by atoms with Crippen molar-refractivity contribution in [3.05, 3.63) is 34.1 Å². The summed E-state index contributed by atoms with van der Waals surface area (Å²) in [5.74, 6) is 1.47. The zero-order valence-electron chi connectivity index (χ0n) is 11.2. The van der Waals surface area contributed by atoms with Crippen LogP contribution < -0.4 is 10.5 Å². The Morgan fingerprint density at radius 2 is 2.20 bits per heavy atom. The van der Waals surface area contributed by atoms with Gasteiger partial charge in [0, 0.05) is 18.2 Å². The number of hydrogen-bond donors (Lipinski definition) is 1. The summed E-state index contributed by atoms with van der Waals surface area (Å²) in [4.78, 5) is 10.4. The predicted octanol–water partition coefficient (Wildman–Crippen LogP) is 1.34. The van der Waals surface area contributed by atoms with Crippen molar-refractivity contribution >= 4 is 5.69 Å². The van der Waals surface area contributed by atoms with E-state index < -0.39 is 4.92 Å². The minimum atomic E-state index is -0.488. The van der Waals surface area contributed by atoms with Crippen molar-refractivity contribution in [3.8, 4) is 17.1 Å². The van der Waals surface area contributed by atoms with Gasteiger partial charge in [0.05, 0.1) is 18.6 Å². The Bertz CT molecular complexity index is 638.